The molecule has 4 nitrogen and oxygen atoms in total. The summed E-state index contributed by atoms with van der Waals surface area (Å²) in [5.41, 5.74) is 0. The Labute approximate surface area is 122 Å². The number of rotatable bonds is 7. The summed E-state index contributed by atoms with van der Waals surface area (Å²) in [7, 11) is 1.99. The lowest BCUT2D eigenvalue weighted by Crippen LogP contribution is -2.26. The smallest absolute Gasteiger partial charge is 0.228 e. The van der Waals surface area contributed by atoms with Crippen LogP contribution in [0.5, 0.6) is 0 Å². The molecule has 0 bridgehead atoms. The highest BCUT2D eigenvalue weighted by Gasteiger charge is 2.25. The first-order valence-electron chi connectivity index (χ1n) is 8.26. The molecule has 0 radical (unpaired) electrons. The van der Waals surface area contributed by atoms with Gasteiger partial charge in [-0.1, -0.05) is 31.8 Å². The minimum Gasteiger partial charge on any atom is -0.339 e. The third kappa shape index (κ3) is 4.05. The number of hydrogen-bond acceptors (Lipinski definition) is 4. The zero-order valence-electron chi connectivity index (χ0n) is 13.2. The van der Waals surface area contributed by atoms with Crippen LogP contribution in [0, 0.1) is 5.92 Å². The molecule has 4 heteroatoms. The Hall–Kier alpha value is -0.900. The summed E-state index contributed by atoms with van der Waals surface area (Å²) in [5, 5.41) is 7.50. The van der Waals surface area contributed by atoms with Crippen LogP contribution in [0.2, 0.25) is 0 Å². The van der Waals surface area contributed by atoms with E-state index in [0.29, 0.717) is 12.0 Å². The lowest BCUT2D eigenvalue weighted by molar-refractivity contribution is 0.294. The van der Waals surface area contributed by atoms with Crippen LogP contribution in [0.15, 0.2) is 4.52 Å². The maximum absolute atomic E-state index is 5.43. The number of aromatic nitrogens is 2. The standard InChI is InChI=1S/C16H29N3O/c1-4-6-12-7-9-13(10-8-12)16-18-15(20-19-16)11-14(5-2)17-3/h12-14,17H,4-11H2,1-3H3. The van der Waals surface area contributed by atoms with E-state index >= 15 is 0 Å². The largest absolute Gasteiger partial charge is 0.339 e. The Morgan fingerprint density at radius 3 is 2.60 bits per heavy atom. The van der Waals surface area contributed by atoms with Crippen molar-refractivity contribution < 1.29 is 4.52 Å². The fourth-order valence-corrected chi connectivity index (χ4v) is 3.30. The highest BCUT2D eigenvalue weighted by atomic mass is 16.5. The van der Waals surface area contributed by atoms with Gasteiger partial charge in [-0.25, -0.2) is 0 Å². The fraction of sp³-hybridized carbons (Fsp3) is 0.875. The van der Waals surface area contributed by atoms with Crippen LogP contribution >= 0.6 is 0 Å². The van der Waals surface area contributed by atoms with Gasteiger partial charge in [-0.05, 0) is 45.1 Å². The molecule has 1 aromatic heterocycles. The van der Waals surface area contributed by atoms with Crippen LogP contribution in [-0.2, 0) is 6.42 Å². The van der Waals surface area contributed by atoms with Crippen LogP contribution in [0.4, 0.5) is 0 Å². The van der Waals surface area contributed by atoms with E-state index in [9.17, 15) is 0 Å². The summed E-state index contributed by atoms with van der Waals surface area (Å²) < 4.78 is 5.43. The van der Waals surface area contributed by atoms with Gasteiger partial charge in [0, 0.05) is 18.4 Å². The third-order valence-corrected chi connectivity index (χ3v) is 4.71. The lowest BCUT2D eigenvalue weighted by atomic mass is 9.80. The summed E-state index contributed by atoms with van der Waals surface area (Å²) in [6.45, 7) is 4.46. The summed E-state index contributed by atoms with van der Waals surface area (Å²) in [6.07, 6.45) is 9.73. The highest BCUT2D eigenvalue weighted by molar-refractivity contribution is 4.98. The maximum atomic E-state index is 5.43. The van der Waals surface area contributed by atoms with Gasteiger partial charge in [-0.15, -0.1) is 0 Å². The van der Waals surface area contributed by atoms with Crippen molar-refractivity contribution in [3.63, 3.8) is 0 Å². The van der Waals surface area contributed by atoms with Gasteiger partial charge in [0.1, 0.15) is 0 Å². The maximum Gasteiger partial charge on any atom is 0.228 e. The summed E-state index contributed by atoms with van der Waals surface area (Å²) in [4.78, 5) is 4.62. The molecule has 0 aliphatic heterocycles. The molecule has 1 fully saturated rings. The van der Waals surface area contributed by atoms with Gasteiger partial charge in [-0.2, -0.15) is 4.98 Å². The topological polar surface area (TPSA) is 51.0 Å². The van der Waals surface area contributed by atoms with Gasteiger partial charge in [0.15, 0.2) is 5.82 Å². The molecule has 1 saturated carbocycles. The van der Waals surface area contributed by atoms with Crippen LogP contribution in [-0.4, -0.2) is 23.2 Å². The Kier molecular flexibility index (Phi) is 6.02. The van der Waals surface area contributed by atoms with Crippen molar-refractivity contribution >= 4 is 0 Å². The first-order chi connectivity index (χ1) is 9.76. The molecular weight excluding hydrogens is 250 g/mol. The van der Waals surface area contributed by atoms with Crippen molar-refractivity contribution in [1.29, 1.82) is 0 Å². The van der Waals surface area contributed by atoms with Gasteiger partial charge in [0.2, 0.25) is 5.89 Å². The first-order valence-corrected chi connectivity index (χ1v) is 8.26. The Morgan fingerprint density at radius 2 is 2.00 bits per heavy atom. The van der Waals surface area contributed by atoms with E-state index in [0.717, 1.165) is 30.5 Å². The number of likely N-dealkylation sites (N-methyl/N-ethyl adjacent to an activating group) is 1. The van der Waals surface area contributed by atoms with Crippen molar-refractivity contribution in [2.45, 2.75) is 77.2 Å². The number of hydrogen-bond donors (Lipinski definition) is 1. The molecule has 114 valence electrons. The van der Waals surface area contributed by atoms with Gasteiger partial charge in [0.05, 0.1) is 0 Å². The molecule has 1 unspecified atom stereocenters. The predicted octanol–water partition coefficient (Wildman–Crippen LogP) is 3.68. The van der Waals surface area contributed by atoms with Crippen molar-refractivity contribution in [3.05, 3.63) is 11.7 Å². The molecule has 0 saturated heterocycles. The molecule has 1 aliphatic carbocycles. The van der Waals surface area contributed by atoms with E-state index in [1.807, 2.05) is 7.05 Å². The average Bonchev–Trinajstić information content (AvgIpc) is 2.94. The Balaban J connectivity index is 1.86. The lowest BCUT2D eigenvalue weighted by Gasteiger charge is -2.26. The van der Waals surface area contributed by atoms with Crippen molar-refractivity contribution in [2.75, 3.05) is 7.05 Å². The summed E-state index contributed by atoms with van der Waals surface area (Å²) >= 11 is 0. The molecule has 2 rings (SSSR count). The second-order valence-corrected chi connectivity index (χ2v) is 6.15. The number of nitrogens with one attached hydrogen (secondary N) is 1. The average molecular weight is 279 g/mol. The van der Waals surface area contributed by atoms with E-state index in [2.05, 4.69) is 29.3 Å². The van der Waals surface area contributed by atoms with Crippen LogP contribution in [0.3, 0.4) is 0 Å². The van der Waals surface area contributed by atoms with Gasteiger partial charge < -0.3 is 9.84 Å². The van der Waals surface area contributed by atoms with Crippen molar-refractivity contribution in [2.24, 2.45) is 5.92 Å². The van der Waals surface area contributed by atoms with Crippen molar-refractivity contribution in [1.82, 2.24) is 15.5 Å². The summed E-state index contributed by atoms with van der Waals surface area (Å²) in [5.74, 6) is 3.18. The second kappa shape index (κ2) is 7.77. The summed E-state index contributed by atoms with van der Waals surface area (Å²) in [6, 6.07) is 0.434. The van der Waals surface area contributed by atoms with Gasteiger partial charge >= 0.3 is 0 Å². The zero-order valence-corrected chi connectivity index (χ0v) is 13.2. The molecule has 0 aromatic carbocycles. The van der Waals surface area contributed by atoms with Gasteiger partial charge in [-0.3, -0.25) is 0 Å². The molecule has 1 aliphatic rings. The monoisotopic (exact) mass is 279 g/mol. The highest BCUT2D eigenvalue weighted by Crippen LogP contribution is 2.36. The predicted molar refractivity (Wildman–Crippen MR) is 80.7 cm³/mol. The van der Waals surface area contributed by atoms with E-state index in [4.69, 9.17) is 4.52 Å². The normalized spacial score (nSPS) is 24.8. The molecule has 1 heterocycles. The minimum absolute atomic E-state index is 0.434. The van der Waals surface area contributed by atoms with E-state index < -0.39 is 0 Å². The van der Waals surface area contributed by atoms with E-state index in [-0.39, 0.29) is 0 Å². The third-order valence-electron chi connectivity index (χ3n) is 4.71. The van der Waals surface area contributed by atoms with Crippen LogP contribution in [0.25, 0.3) is 0 Å². The zero-order chi connectivity index (χ0) is 14.4. The molecule has 20 heavy (non-hydrogen) atoms. The Bertz CT molecular complexity index is 379. The second-order valence-electron chi connectivity index (χ2n) is 6.15. The molecule has 0 spiro atoms. The van der Waals surface area contributed by atoms with E-state index in [1.54, 1.807) is 0 Å². The molecule has 1 atom stereocenters. The quantitative estimate of drug-likeness (QED) is 0.827. The minimum atomic E-state index is 0.434. The Morgan fingerprint density at radius 1 is 1.25 bits per heavy atom. The molecule has 1 N–H and O–H groups in total. The van der Waals surface area contributed by atoms with Crippen molar-refractivity contribution in [3.8, 4) is 0 Å². The molecular formula is C16H29N3O. The molecule has 1 aromatic rings. The fourth-order valence-electron chi connectivity index (χ4n) is 3.30. The van der Waals surface area contributed by atoms with E-state index in [1.165, 1.54) is 38.5 Å². The van der Waals surface area contributed by atoms with Gasteiger partial charge in [0.25, 0.3) is 0 Å². The molecule has 0 amide bonds. The number of nitrogens with zero attached hydrogens (tertiary/aromatic N) is 2. The van der Waals surface area contributed by atoms with Crippen LogP contribution in [0.1, 0.15) is 76.4 Å². The van der Waals surface area contributed by atoms with Crippen LogP contribution < -0.4 is 5.32 Å². The SMILES string of the molecule is CCCC1CCC(c2noc(CC(CC)NC)n2)CC1. The first kappa shape index (κ1) is 15.5.